The molecule has 1 atom stereocenters. The molecule has 2 aromatic heterocycles. The number of rotatable bonds is 9. The van der Waals surface area contributed by atoms with Gasteiger partial charge in [-0.15, -0.1) is 11.3 Å². The van der Waals surface area contributed by atoms with E-state index in [2.05, 4.69) is 15.6 Å². The molecule has 2 N–H and O–H groups in total. The van der Waals surface area contributed by atoms with Gasteiger partial charge >= 0.3 is 0 Å². The van der Waals surface area contributed by atoms with E-state index in [9.17, 15) is 14.4 Å². The van der Waals surface area contributed by atoms with Crippen molar-refractivity contribution in [1.29, 1.82) is 0 Å². The molecule has 0 aliphatic carbocycles. The van der Waals surface area contributed by atoms with Gasteiger partial charge in [-0.3, -0.25) is 19.0 Å². The zero-order chi connectivity index (χ0) is 20.0. The summed E-state index contributed by atoms with van der Waals surface area (Å²) in [5.74, 6) is -0.469. The highest BCUT2D eigenvalue weighted by atomic mass is 32.1. The predicted octanol–water partition coefficient (Wildman–Crippen LogP) is 1.45. The van der Waals surface area contributed by atoms with Gasteiger partial charge in [-0.05, 0) is 32.3 Å². The molecule has 0 bridgehead atoms. The third-order valence-corrected chi connectivity index (χ3v) is 5.47. The molecule has 2 aromatic rings. The number of fused-ring (bicyclic) bond motifs is 1. The van der Waals surface area contributed by atoms with Crippen LogP contribution in [0, 0.1) is 6.92 Å². The van der Waals surface area contributed by atoms with E-state index in [4.69, 9.17) is 4.74 Å². The lowest BCUT2D eigenvalue weighted by atomic mass is 10.2. The molecule has 0 aliphatic heterocycles. The van der Waals surface area contributed by atoms with Crippen molar-refractivity contribution >= 4 is 33.4 Å². The van der Waals surface area contributed by atoms with E-state index in [1.807, 2.05) is 13.8 Å². The van der Waals surface area contributed by atoms with E-state index in [1.165, 1.54) is 22.2 Å². The summed E-state index contributed by atoms with van der Waals surface area (Å²) in [6.07, 6.45) is 2.87. The predicted molar refractivity (Wildman–Crippen MR) is 105 cm³/mol. The van der Waals surface area contributed by atoms with Crippen molar-refractivity contribution < 1.29 is 14.3 Å². The van der Waals surface area contributed by atoms with E-state index in [1.54, 1.807) is 14.0 Å². The number of carbonyl (C=O) groups excluding carboxylic acids is 2. The number of aryl methyl sites for hydroxylation is 1. The second-order valence-corrected chi connectivity index (χ2v) is 7.39. The summed E-state index contributed by atoms with van der Waals surface area (Å²) in [6.45, 7) is 6.58. The first-order valence-electron chi connectivity index (χ1n) is 8.94. The molecule has 148 valence electrons. The lowest BCUT2D eigenvalue weighted by molar-refractivity contribution is -0.121. The molecule has 2 heterocycles. The Morgan fingerprint density at radius 1 is 1.41 bits per heavy atom. The maximum absolute atomic E-state index is 12.8. The molecule has 9 heteroatoms. The summed E-state index contributed by atoms with van der Waals surface area (Å²) in [5.41, 5.74) is 0.284. The Labute approximate surface area is 161 Å². The van der Waals surface area contributed by atoms with Crippen LogP contribution in [0.3, 0.4) is 0 Å². The van der Waals surface area contributed by atoms with Crippen LogP contribution in [0.5, 0.6) is 0 Å². The maximum atomic E-state index is 12.8. The van der Waals surface area contributed by atoms with Crippen LogP contribution in [-0.2, 0) is 16.1 Å². The largest absolute Gasteiger partial charge is 0.385 e. The minimum absolute atomic E-state index is 0.0496. The average Bonchev–Trinajstić information content (AvgIpc) is 2.98. The lowest BCUT2D eigenvalue weighted by Gasteiger charge is -2.10. The number of nitrogens with one attached hydrogen (secondary N) is 2. The summed E-state index contributed by atoms with van der Waals surface area (Å²) < 4.78 is 6.19. The van der Waals surface area contributed by atoms with Gasteiger partial charge in [0, 0.05) is 26.3 Å². The highest BCUT2D eigenvalue weighted by molar-refractivity contribution is 7.20. The van der Waals surface area contributed by atoms with Crippen molar-refractivity contribution in [2.45, 2.75) is 46.2 Å². The third kappa shape index (κ3) is 5.14. The van der Waals surface area contributed by atoms with E-state index in [0.717, 1.165) is 6.42 Å². The van der Waals surface area contributed by atoms with Crippen molar-refractivity contribution in [2.75, 3.05) is 20.3 Å². The Bertz CT molecular complexity index is 874. The Hall–Kier alpha value is -2.26. The van der Waals surface area contributed by atoms with Crippen LogP contribution in [0.15, 0.2) is 11.1 Å². The van der Waals surface area contributed by atoms with Crippen LogP contribution in [0.2, 0.25) is 0 Å². The SMILES string of the molecule is CC[C@H](C)NC(=O)c1sc2ncn(CC(=O)NCCCOC)c(=O)c2c1C. The first-order chi connectivity index (χ1) is 12.9. The molecule has 8 nitrogen and oxygen atoms in total. The van der Waals surface area contributed by atoms with Crippen molar-refractivity contribution in [1.82, 2.24) is 20.2 Å². The number of amides is 2. The minimum Gasteiger partial charge on any atom is -0.385 e. The summed E-state index contributed by atoms with van der Waals surface area (Å²) in [4.78, 5) is 42.5. The molecule has 0 unspecified atom stereocenters. The fourth-order valence-corrected chi connectivity index (χ4v) is 3.58. The van der Waals surface area contributed by atoms with Gasteiger partial charge < -0.3 is 15.4 Å². The van der Waals surface area contributed by atoms with Crippen molar-refractivity contribution in [3.63, 3.8) is 0 Å². The Morgan fingerprint density at radius 2 is 2.15 bits per heavy atom. The molecule has 0 aliphatic rings. The summed E-state index contributed by atoms with van der Waals surface area (Å²) in [7, 11) is 1.60. The minimum atomic E-state index is -0.316. The van der Waals surface area contributed by atoms with Crippen LogP contribution in [-0.4, -0.2) is 47.7 Å². The molecule has 27 heavy (non-hydrogen) atoms. The van der Waals surface area contributed by atoms with Crippen LogP contribution < -0.4 is 16.2 Å². The number of aromatic nitrogens is 2. The first kappa shape index (κ1) is 21.0. The Morgan fingerprint density at radius 3 is 2.81 bits per heavy atom. The zero-order valence-electron chi connectivity index (χ0n) is 16.1. The molecule has 0 aromatic carbocycles. The fraction of sp³-hybridized carbons (Fsp3) is 0.556. The van der Waals surface area contributed by atoms with Crippen LogP contribution in [0.1, 0.15) is 41.9 Å². The highest BCUT2D eigenvalue weighted by Crippen LogP contribution is 2.26. The van der Waals surface area contributed by atoms with Gasteiger partial charge in [0.2, 0.25) is 5.91 Å². The number of carbonyl (C=O) groups is 2. The number of methoxy groups -OCH3 is 1. The van der Waals surface area contributed by atoms with Crippen LogP contribution >= 0.6 is 11.3 Å². The van der Waals surface area contributed by atoms with Crippen LogP contribution in [0.25, 0.3) is 10.2 Å². The van der Waals surface area contributed by atoms with Crippen molar-refractivity contribution in [2.24, 2.45) is 0 Å². The summed E-state index contributed by atoms with van der Waals surface area (Å²) in [5, 5.41) is 6.04. The molecule has 2 rings (SSSR count). The summed E-state index contributed by atoms with van der Waals surface area (Å²) in [6, 6.07) is 0.0496. The molecule has 0 radical (unpaired) electrons. The number of nitrogens with zero attached hydrogens (tertiary/aromatic N) is 2. The lowest BCUT2D eigenvalue weighted by Crippen LogP contribution is -2.33. The van der Waals surface area contributed by atoms with E-state index in [0.29, 0.717) is 40.2 Å². The molecular weight excluding hydrogens is 368 g/mol. The molecule has 0 spiro atoms. The monoisotopic (exact) mass is 394 g/mol. The summed E-state index contributed by atoms with van der Waals surface area (Å²) >= 11 is 1.19. The molecule has 2 amide bonds. The van der Waals surface area contributed by atoms with E-state index < -0.39 is 0 Å². The number of ether oxygens (including phenoxy) is 1. The maximum Gasteiger partial charge on any atom is 0.262 e. The van der Waals surface area contributed by atoms with Gasteiger partial charge in [0.05, 0.1) is 16.6 Å². The van der Waals surface area contributed by atoms with Gasteiger partial charge in [0.1, 0.15) is 11.4 Å². The van der Waals surface area contributed by atoms with E-state index >= 15 is 0 Å². The Balaban J connectivity index is 2.21. The second kappa shape index (κ2) is 9.61. The van der Waals surface area contributed by atoms with Gasteiger partial charge in [0.15, 0.2) is 0 Å². The second-order valence-electron chi connectivity index (χ2n) is 6.39. The van der Waals surface area contributed by atoms with Gasteiger partial charge in [-0.1, -0.05) is 6.92 Å². The number of hydrogen-bond donors (Lipinski definition) is 2. The normalized spacial score (nSPS) is 12.1. The van der Waals surface area contributed by atoms with Gasteiger partial charge in [-0.25, -0.2) is 4.98 Å². The first-order valence-corrected chi connectivity index (χ1v) is 9.75. The van der Waals surface area contributed by atoms with Crippen LogP contribution in [0.4, 0.5) is 0 Å². The zero-order valence-corrected chi connectivity index (χ0v) is 16.9. The smallest absolute Gasteiger partial charge is 0.262 e. The highest BCUT2D eigenvalue weighted by Gasteiger charge is 2.20. The fourth-order valence-electron chi connectivity index (χ4n) is 2.53. The standard InChI is InChI=1S/C18H26N4O4S/c1-5-11(2)21-16(24)15-12(3)14-17(27-15)20-10-22(18(14)25)9-13(23)19-7-6-8-26-4/h10-11H,5-9H2,1-4H3,(H,19,23)(H,21,24)/t11-/m0/s1. The number of hydrogen-bond acceptors (Lipinski definition) is 6. The van der Waals surface area contributed by atoms with Crippen molar-refractivity contribution in [3.05, 3.63) is 27.1 Å². The van der Waals surface area contributed by atoms with Gasteiger partial charge in [0.25, 0.3) is 11.5 Å². The van der Waals surface area contributed by atoms with Gasteiger partial charge in [-0.2, -0.15) is 0 Å². The quantitative estimate of drug-likeness (QED) is 0.627. The topological polar surface area (TPSA) is 102 Å². The molecular formula is C18H26N4O4S. The third-order valence-electron chi connectivity index (χ3n) is 4.27. The molecule has 0 saturated heterocycles. The number of thiophene rings is 1. The Kier molecular flexibility index (Phi) is 7.49. The van der Waals surface area contributed by atoms with Crippen molar-refractivity contribution in [3.8, 4) is 0 Å². The average molecular weight is 394 g/mol. The molecule has 0 saturated carbocycles. The van der Waals surface area contributed by atoms with E-state index in [-0.39, 0.29) is 30.0 Å². The molecule has 0 fully saturated rings.